The average molecular weight is 337 g/mol. The predicted octanol–water partition coefficient (Wildman–Crippen LogP) is 1.82. The number of carbonyl (C=O) groups excluding carboxylic acids is 1. The molecule has 1 saturated carbocycles. The molecule has 0 aliphatic heterocycles. The molecular weight excluding hydrogens is 310 g/mol. The fraction of sp³-hybridized carbons (Fsp3) is 0.688. The first-order valence-corrected chi connectivity index (χ1v) is 9.28. The van der Waals surface area contributed by atoms with E-state index in [0.29, 0.717) is 19.0 Å². The van der Waals surface area contributed by atoms with Gasteiger partial charge in [0, 0.05) is 36.6 Å². The topological polar surface area (TPSA) is 78.4 Å². The number of hydrogen-bond acceptors (Lipinski definition) is 4. The molecule has 1 aromatic heterocycles. The monoisotopic (exact) mass is 337 g/mol. The molecule has 0 radical (unpaired) electrons. The van der Waals surface area contributed by atoms with Crippen molar-refractivity contribution in [2.45, 2.75) is 58.5 Å². The summed E-state index contributed by atoms with van der Waals surface area (Å²) in [6, 6.07) is 0.445. The summed E-state index contributed by atoms with van der Waals surface area (Å²) in [6.45, 7) is 6.31. The van der Waals surface area contributed by atoms with Gasteiger partial charge in [0.2, 0.25) is 5.91 Å². The van der Waals surface area contributed by atoms with Gasteiger partial charge in [-0.25, -0.2) is 9.98 Å². The Morgan fingerprint density at radius 2 is 2.22 bits per heavy atom. The van der Waals surface area contributed by atoms with Crippen molar-refractivity contribution < 1.29 is 4.79 Å². The summed E-state index contributed by atoms with van der Waals surface area (Å²) < 4.78 is 0. The minimum absolute atomic E-state index is 0.158. The first-order chi connectivity index (χ1) is 11.2. The lowest BCUT2D eigenvalue weighted by Crippen LogP contribution is -2.38. The third-order valence-corrected chi connectivity index (χ3v) is 4.61. The van der Waals surface area contributed by atoms with E-state index in [-0.39, 0.29) is 5.91 Å². The molecular formula is C16H27N5OS. The van der Waals surface area contributed by atoms with E-state index in [1.807, 2.05) is 13.1 Å². The van der Waals surface area contributed by atoms with Gasteiger partial charge in [-0.3, -0.25) is 4.79 Å². The third kappa shape index (κ3) is 6.99. The van der Waals surface area contributed by atoms with E-state index in [0.717, 1.165) is 49.7 Å². The number of nitrogens with one attached hydrogen (secondary N) is 3. The first kappa shape index (κ1) is 17.7. The van der Waals surface area contributed by atoms with Gasteiger partial charge in [-0.05, 0) is 32.6 Å². The number of guanidine groups is 1. The Kier molecular flexibility index (Phi) is 7.32. The van der Waals surface area contributed by atoms with Crippen LogP contribution in [0.1, 0.15) is 49.4 Å². The van der Waals surface area contributed by atoms with Crippen LogP contribution in [0.15, 0.2) is 11.2 Å². The van der Waals surface area contributed by atoms with Crippen LogP contribution in [0.25, 0.3) is 0 Å². The molecule has 0 aromatic carbocycles. The van der Waals surface area contributed by atoms with Crippen LogP contribution in [0, 0.1) is 0 Å². The minimum atomic E-state index is 0.158. The van der Waals surface area contributed by atoms with Crippen LogP contribution in [-0.2, 0) is 17.8 Å². The van der Waals surface area contributed by atoms with Crippen LogP contribution in [0.5, 0.6) is 0 Å². The number of aromatic nitrogens is 1. The van der Waals surface area contributed by atoms with Gasteiger partial charge in [0.1, 0.15) is 5.01 Å². The number of rotatable bonds is 9. The molecule has 0 atom stereocenters. The maximum atomic E-state index is 11.6. The molecule has 128 valence electrons. The van der Waals surface area contributed by atoms with Crippen LogP contribution in [0.4, 0.5) is 0 Å². The van der Waals surface area contributed by atoms with Crippen LogP contribution >= 0.6 is 11.3 Å². The molecule has 2 rings (SSSR count). The second-order valence-electron chi connectivity index (χ2n) is 5.64. The average Bonchev–Trinajstić information content (AvgIpc) is 3.23. The van der Waals surface area contributed by atoms with Crippen molar-refractivity contribution in [2.24, 2.45) is 4.99 Å². The van der Waals surface area contributed by atoms with E-state index in [9.17, 15) is 4.79 Å². The number of nitrogens with zero attached hydrogens (tertiary/aromatic N) is 2. The highest BCUT2D eigenvalue weighted by molar-refractivity contribution is 7.11. The van der Waals surface area contributed by atoms with E-state index in [4.69, 9.17) is 0 Å². The fourth-order valence-electron chi connectivity index (χ4n) is 2.06. The molecule has 1 aromatic rings. The number of carbonyl (C=O) groups is 1. The SMILES string of the molecule is CCNC(=NCc1ncc(CC)s1)NCCCC(=O)NC1CC1. The van der Waals surface area contributed by atoms with Gasteiger partial charge in [-0.2, -0.15) is 0 Å². The zero-order valence-corrected chi connectivity index (χ0v) is 14.8. The molecule has 1 aliphatic rings. The van der Waals surface area contributed by atoms with Gasteiger partial charge in [-0.15, -0.1) is 11.3 Å². The first-order valence-electron chi connectivity index (χ1n) is 8.46. The molecule has 0 saturated heterocycles. The van der Waals surface area contributed by atoms with Crippen molar-refractivity contribution in [1.29, 1.82) is 0 Å². The number of hydrogen-bond donors (Lipinski definition) is 3. The van der Waals surface area contributed by atoms with Gasteiger partial charge in [0.15, 0.2) is 5.96 Å². The van der Waals surface area contributed by atoms with E-state index in [2.05, 4.69) is 32.9 Å². The molecule has 1 heterocycles. The largest absolute Gasteiger partial charge is 0.357 e. The van der Waals surface area contributed by atoms with E-state index in [1.165, 1.54) is 4.88 Å². The summed E-state index contributed by atoms with van der Waals surface area (Å²) in [5.41, 5.74) is 0. The molecule has 1 fully saturated rings. The summed E-state index contributed by atoms with van der Waals surface area (Å²) in [6.07, 6.45) is 6.59. The maximum absolute atomic E-state index is 11.6. The van der Waals surface area contributed by atoms with Gasteiger partial charge >= 0.3 is 0 Å². The Hall–Kier alpha value is -1.63. The van der Waals surface area contributed by atoms with Crippen LogP contribution < -0.4 is 16.0 Å². The lowest BCUT2D eigenvalue weighted by Gasteiger charge is -2.10. The Balaban J connectivity index is 1.69. The highest BCUT2D eigenvalue weighted by Gasteiger charge is 2.22. The molecule has 1 aliphatic carbocycles. The van der Waals surface area contributed by atoms with E-state index in [1.54, 1.807) is 11.3 Å². The molecule has 0 unspecified atom stereocenters. The lowest BCUT2D eigenvalue weighted by molar-refractivity contribution is -0.121. The zero-order valence-electron chi connectivity index (χ0n) is 14.0. The Labute approximate surface area is 142 Å². The van der Waals surface area contributed by atoms with Crippen molar-refractivity contribution in [3.8, 4) is 0 Å². The van der Waals surface area contributed by atoms with E-state index < -0.39 is 0 Å². The summed E-state index contributed by atoms with van der Waals surface area (Å²) in [5.74, 6) is 0.939. The van der Waals surface area contributed by atoms with Crippen molar-refractivity contribution in [3.63, 3.8) is 0 Å². The fourth-order valence-corrected chi connectivity index (χ4v) is 2.84. The smallest absolute Gasteiger partial charge is 0.220 e. The summed E-state index contributed by atoms with van der Waals surface area (Å²) in [4.78, 5) is 21.8. The van der Waals surface area contributed by atoms with Crippen molar-refractivity contribution >= 4 is 23.2 Å². The Morgan fingerprint density at radius 3 is 2.87 bits per heavy atom. The molecule has 3 N–H and O–H groups in total. The molecule has 0 spiro atoms. The van der Waals surface area contributed by atoms with Gasteiger partial charge in [0.25, 0.3) is 0 Å². The maximum Gasteiger partial charge on any atom is 0.220 e. The predicted molar refractivity (Wildman–Crippen MR) is 94.7 cm³/mol. The molecule has 0 bridgehead atoms. The highest BCUT2D eigenvalue weighted by atomic mass is 32.1. The highest BCUT2D eigenvalue weighted by Crippen LogP contribution is 2.18. The molecule has 6 nitrogen and oxygen atoms in total. The molecule has 23 heavy (non-hydrogen) atoms. The summed E-state index contributed by atoms with van der Waals surface area (Å²) in [7, 11) is 0. The van der Waals surface area contributed by atoms with Crippen molar-refractivity contribution in [2.75, 3.05) is 13.1 Å². The number of aryl methyl sites for hydroxylation is 1. The lowest BCUT2D eigenvalue weighted by atomic mass is 10.3. The van der Waals surface area contributed by atoms with Gasteiger partial charge in [0.05, 0.1) is 6.54 Å². The second kappa shape index (κ2) is 9.50. The second-order valence-corrected chi connectivity index (χ2v) is 6.84. The number of aliphatic imine (C=N–C) groups is 1. The van der Waals surface area contributed by atoms with Gasteiger partial charge in [-0.1, -0.05) is 6.92 Å². The quantitative estimate of drug-likeness (QED) is 0.365. The Morgan fingerprint density at radius 1 is 1.39 bits per heavy atom. The van der Waals surface area contributed by atoms with E-state index >= 15 is 0 Å². The standard InChI is InChI=1S/C16H27N5OS/c1-3-13-10-19-15(23-13)11-20-16(17-4-2)18-9-5-6-14(22)21-12-7-8-12/h10,12H,3-9,11H2,1-2H3,(H,21,22)(H2,17,18,20). The zero-order chi connectivity index (χ0) is 16.5. The van der Waals surface area contributed by atoms with Crippen molar-refractivity contribution in [1.82, 2.24) is 20.9 Å². The number of thiazole rings is 1. The molecule has 1 amide bonds. The van der Waals surface area contributed by atoms with Crippen molar-refractivity contribution in [3.05, 3.63) is 16.1 Å². The van der Waals surface area contributed by atoms with Crippen LogP contribution in [-0.4, -0.2) is 36.0 Å². The normalized spacial score (nSPS) is 14.6. The number of amides is 1. The van der Waals surface area contributed by atoms with Gasteiger partial charge < -0.3 is 16.0 Å². The Bertz CT molecular complexity index is 524. The van der Waals surface area contributed by atoms with Crippen LogP contribution in [0.3, 0.4) is 0 Å². The summed E-state index contributed by atoms with van der Waals surface area (Å²) in [5, 5.41) is 10.5. The minimum Gasteiger partial charge on any atom is -0.357 e. The van der Waals surface area contributed by atoms with Crippen LogP contribution in [0.2, 0.25) is 0 Å². The summed E-state index contributed by atoms with van der Waals surface area (Å²) >= 11 is 1.71. The molecule has 7 heteroatoms. The third-order valence-electron chi connectivity index (χ3n) is 3.48.